The molecule has 0 saturated carbocycles. The Hall–Kier alpha value is -2.69. The number of anilines is 1. The van der Waals surface area contributed by atoms with Crippen molar-refractivity contribution in [3.63, 3.8) is 0 Å². The van der Waals surface area contributed by atoms with Gasteiger partial charge in [-0.2, -0.15) is 0 Å². The fraction of sp³-hybridized carbons (Fsp3) is 0.133. The van der Waals surface area contributed by atoms with Crippen LogP contribution in [0.25, 0.3) is 11.2 Å². The second-order valence-electron chi connectivity index (χ2n) is 4.98. The molecule has 3 aromatic rings. The summed E-state index contributed by atoms with van der Waals surface area (Å²) >= 11 is 0. The highest BCUT2D eigenvalue weighted by Crippen LogP contribution is 2.32. The number of nitrogens with two attached hydrogens (primary N) is 1. The number of nitrogens with zero attached hydrogens (tertiary/aromatic N) is 4. The van der Waals surface area contributed by atoms with Gasteiger partial charge in [0.05, 0.1) is 5.69 Å². The molecular formula is C15H13N5. The van der Waals surface area contributed by atoms with Gasteiger partial charge in [-0.05, 0) is 29.7 Å². The molecule has 0 aliphatic heterocycles. The van der Waals surface area contributed by atoms with Crippen LogP contribution < -0.4 is 5.73 Å². The molecule has 1 aliphatic rings. The van der Waals surface area contributed by atoms with Gasteiger partial charge in [-0.15, -0.1) is 0 Å². The predicted octanol–water partition coefficient (Wildman–Crippen LogP) is 2.00. The average Bonchev–Trinajstić information content (AvgIpc) is 3.03. The van der Waals surface area contributed by atoms with E-state index in [0.29, 0.717) is 5.95 Å². The zero-order valence-electron chi connectivity index (χ0n) is 11.0. The molecule has 98 valence electrons. The second kappa shape index (κ2) is 3.90. The highest BCUT2D eigenvalue weighted by molar-refractivity contribution is 5.84. The molecule has 0 bridgehead atoms. The van der Waals surface area contributed by atoms with Crippen molar-refractivity contribution in [1.82, 2.24) is 19.4 Å². The van der Waals surface area contributed by atoms with E-state index in [1.807, 2.05) is 23.0 Å². The Balaban J connectivity index is 1.89. The quantitative estimate of drug-likeness (QED) is 0.729. The lowest BCUT2D eigenvalue weighted by molar-refractivity contribution is 1.07. The Morgan fingerprint density at radius 2 is 2.20 bits per heavy atom. The van der Waals surface area contributed by atoms with Gasteiger partial charge in [0.25, 0.3) is 0 Å². The number of fused-ring (bicyclic) bond motifs is 2. The largest absolute Gasteiger partial charge is 0.368 e. The Morgan fingerprint density at radius 1 is 1.30 bits per heavy atom. The SMILES string of the molecule is Cc1cc(C2=CCc3nc(N)ncc32)cn2ccnc12. The van der Waals surface area contributed by atoms with Crippen LogP contribution in [0, 0.1) is 6.92 Å². The maximum atomic E-state index is 5.64. The van der Waals surface area contributed by atoms with Gasteiger partial charge in [-0.1, -0.05) is 6.08 Å². The molecule has 0 saturated heterocycles. The van der Waals surface area contributed by atoms with E-state index < -0.39 is 0 Å². The van der Waals surface area contributed by atoms with E-state index in [4.69, 9.17) is 5.73 Å². The normalized spacial score (nSPS) is 13.6. The van der Waals surface area contributed by atoms with Crippen LogP contribution in [0.1, 0.15) is 22.4 Å². The molecule has 20 heavy (non-hydrogen) atoms. The Bertz CT molecular complexity index is 860. The molecule has 5 nitrogen and oxygen atoms in total. The molecule has 0 atom stereocenters. The zero-order chi connectivity index (χ0) is 13.7. The number of imidazole rings is 1. The number of allylic oxidation sites excluding steroid dienone is 1. The lowest BCUT2D eigenvalue weighted by Crippen LogP contribution is -2.00. The van der Waals surface area contributed by atoms with E-state index in [0.717, 1.165) is 34.5 Å². The summed E-state index contributed by atoms with van der Waals surface area (Å²) in [7, 11) is 0. The minimum Gasteiger partial charge on any atom is -0.368 e. The predicted molar refractivity (Wildman–Crippen MR) is 77.2 cm³/mol. The Kier molecular flexibility index (Phi) is 2.18. The third kappa shape index (κ3) is 1.53. The van der Waals surface area contributed by atoms with E-state index in [-0.39, 0.29) is 0 Å². The standard InChI is InChI=1S/C15H13N5/c1-9-6-10(8-20-5-4-17-14(9)20)11-2-3-13-12(11)7-18-15(16)19-13/h2,4-8H,3H2,1H3,(H2,16,18,19). The molecule has 0 aromatic carbocycles. The van der Waals surface area contributed by atoms with Crippen molar-refractivity contribution in [1.29, 1.82) is 0 Å². The van der Waals surface area contributed by atoms with E-state index in [2.05, 4.69) is 40.2 Å². The first-order chi connectivity index (χ1) is 9.72. The summed E-state index contributed by atoms with van der Waals surface area (Å²) in [5.41, 5.74) is 12.2. The van der Waals surface area contributed by atoms with E-state index >= 15 is 0 Å². The molecule has 1 aliphatic carbocycles. The van der Waals surface area contributed by atoms with Crippen molar-refractivity contribution in [2.24, 2.45) is 0 Å². The average molecular weight is 263 g/mol. The summed E-state index contributed by atoms with van der Waals surface area (Å²) in [6.07, 6.45) is 10.7. The van der Waals surface area contributed by atoms with Crippen LogP contribution in [-0.4, -0.2) is 19.4 Å². The van der Waals surface area contributed by atoms with Crippen LogP contribution in [0.15, 0.2) is 36.9 Å². The summed E-state index contributed by atoms with van der Waals surface area (Å²) in [6.45, 7) is 2.07. The summed E-state index contributed by atoms with van der Waals surface area (Å²) in [4.78, 5) is 12.8. The molecule has 0 fully saturated rings. The van der Waals surface area contributed by atoms with Crippen molar-refractivity contribution in [2.45, 2.75) is 13.3 Å². The van der Waals surface area contributed by atoms with E-state index in [1.54, 1.807) is 0 Å². The molecule has 4 rings (SSSR count). The first kappa shape index (κ1) is 11.2. The number of nitrogen functional groups attached to an aromatic ring is 1. The summed E-state index contributed by atoms with van der Waals surface area (Å²) in [5, 5.41) is 0. The van der Waals surface area contributed by atoms with Crippen molar-refractivity contribution >= 4 is 17.2 Å². The Labute approximate surface area is 115 Å². The fourth-order valence-corrected chi connectivity index (χ4v) is 2.75. The number of pyridine rings is 1. The maximum Gasteiger partial charge on any atom is 0.220 e. The molecule has 0 spiro atoms. The topological polar surface area (TPSA) is 69.1 Å². The Morgan fingerprint density at radius 3 is 3.10 bits per heavy atom. The number of hydrogen-bond acceptors (Lipinski definition) is 4. The van der Waals surface area contributed by atoms with Gasteiger partial charge in [0, 0.05) is 36.8 Å². The lowest BCUT2D eigenvalue weighted by Gasteiger charge is -2.08. The summed E-state index contributed by atoms with van der Waals surface area (Å²) in [6, 6.07) is 2.15. The third-order valence-electron chi connectivity index (χ3n) is 3.66. The molecular weight excluding hydrogens is 250 g/mol. The molecule has 5 heteroatoms. The van der Waals surface area contributed by atoms with Crippen molar-refractivity contribution in [2.75, 3.05) is 5.73 Å². The maximum absolute atomic E-state index is 5.64. The summed E-state index contributed by atoms with van der Waals surface area (Å²) in [5.74, 6) is 0.333. The minimum absolute atomic E-state index is 0.333. The van der Waals surface area contributed by atoms with Crippen LogP contribution in [0.5, 0.6) is 0 Å². The number of aromatic nitrogens is 4. The summed E-state index contributed by atoms with van der Waals surface area (Å²) < 4.78 is 2.04. The smallest absolute Gasteiger partial charge is 0.220 e. The van der Waals surface area contributed by atoms with Crippen molar-refractivity contribution in [3.8, 4) is 0 Å². The van der Waals surface area contributed by atoms with Gasteiger partial charge in [-0.3, -0.25) is 0 Å². The van der Waals surface area contributed by atoms with Crippen LogP contribution in [0.2, 0.25) is 0 Å². The van der Waals surface area contributed by atoms with Crippen LogP contribution in [0.4, 0.5) is 5.95 Å². The van der Waals surface area contributed by atoms with Crippen molar-refractivity contribution < 1.29 is 0 Å². The molecule has 0 amide bonds. The minimum atomic E-state index is 0.333. The lowest BCUT2D eigenvalue weighted by atomic mass is 10.0. The van der Waals surface area contributed by atoms with Crippen LogP contribution >= 0.6 is 0 Å². The van der Waals surface area contributed by atoms with Gasteiger partial charge in [0.2, 0.25) is 5.95 Å². The van der Waals surface area contributed by atoms with Crippen LogP contribution in [0.3, 0.4) is 0 Å². The van der Waals surface area contributed by atoms with Gasteiger partial charge in [-0.25, -0.2) is 15.0 Å². The first-order valence-corrected chi connectivity index (χ1v) is 6.48. The van der Waals surface area contributed by atoms with Gasteiger partial charge >= 0.3 is 0 Å². The van der Waals surface area contributed by atoms with Crippen LogP contribution in [-0.2, 0) is 6.42 Å². The number of hydrogen-bond donors (Lipinski definition) is 1. The van der Waals surface area contributed by atoms with E-state index in [1.165, 1.54) is 5.57 Å². The second-order valence-corrected chi connectivity index (χ2v) is 4.98. The molecule has 3 aromatic heterocycles. The first-order valence-electron chi connectivity index (χ1n) is 6.48. The zero-order valence-corrected chi connectivity index (χ0v) is 11.0. The molecule has 2 N–H and O–H groups in total. The van der Waals surface area contributed by atoms with Gasteiger partial charge < -0.3 is 10.1 Å². The fourth-order valence-electron chi connectivity index (χ4n) is 2.75. The number of rotatable bonds is 1. The molecule has 3 heterocycles. The van der Waals surface area contributed by atoms with Gasteiger partial charge in [0.1, 0.15) is 5.65 Å². The number of aryl methyl sites for hydroxylation is 1. The highest BCUT2D eigenvalue weighted by atomic mass is 15.0. The monoisotopic (exact) mass is 263 g/mol. The van der Waals surface area contributed by atoms with Crippen molar-refractivity contribution in [3.05, 3.63) is 59.3 Å². The van der Waals surface area contributed by atoms with E-state index in [9.17, 15) is 0 Å². The third-order valence-corrected chi connectivity index (χ3v) is 3.66. The molecule has 0 unspecified atom stereocenters. The molecule has 0 radical (unpaired) electrons. The highest BCUT2D eigenvalue weighted by Gasteiger charge is 2.18. The van der Waals surface area contributed by atoms with Gasteiger partial charge in [0.15, 0.2) is 0 Å².